The first-order valence-corrected chi connectivity index (χ1v) is 5.13. The third-order valence-electron chi connectivity index (χ3n) is 3.13. The summed E-state index contributed by atoms with van der Waals surface area (Å²) in [5.41, 5.74) is 0.469. The minimum absolute atomic E-state index is 0.143. The highest BCUT2D eigenvalue weighted by molar-refractivity contribution is 5.25. The Morgan fingerprint density at radius 3 is 2.62 bits per heavy atom. The maximum absolute atomic E-state index is 10.3. The average molecular weight is 184 g/mol. The van der Waals surface area contributed by atoms with Crippen LogP contribution in [-0.4, -0.2) is 23.9 Å². The summed E-state index contributed by atoms with van der Waals surface area (Å²) in [6.45, 7) is 4.05. The van der Waals surface area contributed by atoms with E-state index in [1.165, 1.54) is 0 Å². The molecule has 2 nitrogen and oxygen atoms in total. The van der Waals surface area contributed by atoms with Crippen LogP contribution in [0.1, 0.15) is 39.5 Å². The third kappa shape index (κ3) is 1.94. The summed E-state index contributed by atoms with van der Waals surface area (Å²) < 4.78 is 5.35. The molecule has 1 unspecified atom stereocenters. The topological polar surface area (TPSA) is 29.5 Å². The van der Waals surface area contributed by atoms with Gasteiger partial charge in [-0.05, 0) is 31.3 Å². The fraction of sp³-hybridized carbons (Fsp3) is 0.818. The molecule has 1 aliphatic rings. The van der Waals surface area contributed by atoms with Crippen LogP contribution in [0, 0.1) is 0 Å². The van der Waals surface area contributed by atoms with E-state index in [0.29, 0.717) is 0 Å². The van der Waals surface area contributed by atoms with Gasteiger partial charge in [-0.2, -0.15) is 0 Å². The molecule has 0 bridgehead atoms. The second-order valence-corrected chi connectivity index (χ2v) is 3.70. The van der Waals surface area contributed by atoms with Gasteiger partial charge in [0.05, 0.1) is 11.7 Å². The molecule has 0 saturated carbocycles. The van der Waals surface area contributed by atoms with Crippen molar-refractivity contribution in [3.63, 3.8) is 0 Å². The van der Waals surface area contributed by atoms with Crippen LogP contribution in [0.5, 0.6) is 0 Å². The van der Waals surface area contributed by atoms with E-state index < -0.39 is 5.60 Å². The predicted octanol–water partition coefficient (Wildman–Crippen LogP) is 2.27. The summed E-state index contributed by atoms with van der Waals surface area (Å²) in [5.74, 6) is 0. The zero-order chi connectivity index (χ0) is 9.90. The van der Waals surface area contributed by atoms with Gasteiger partial charge in [0.25, 0.3) is 0 Å². The highest BCUT2D eigenvalue weighted by Gasteiger charge is 2.34. The monoisotopic (exact) mass is 184 g/mol. The van der Waals surface area contributed by atoms with Gasteiger partial charge >= 0.3 is 0 Å². The van der Waals surface area contributed by atoms with Gasteiger partial charge < -0.3 is 9.84 Å². The molecule has 0 heterocycles. The Labute approximate surface area is 80.6 Å². The van der Waals surface area contributed by atoms with Gasteiger partial charge in [0.15, 0.2) is 0 Å². The Hall–Kier alpha value is -0.340. The van der Waals surface area contributed by atoms with Crippen LogP contribution < -0.4 is 0 Å². The number of ether oxygens (including phenoxy) is 1. The van der Waals surface area contributed by atoms with Gasteiger partial charge in [-0.1, -0.05) is 19.9 Å². The summed E-state index contributed by atoms with van der Waals surface area (Å²) in [7, 11) is 1.72. The van der Waals surface area contributed by atoms with E-state index >= 15 is 0 Å². The van der Waals surface area contributed by atoms with Crippen LogP contribution in [0.4, 0.5) is 0 Å². The van der Waals surface area contributed by atoms with Crippen molar-refractivity contribution in [3.8, 4) is 0 Å². The highest BCUT2D eigenvalue weighted by atomic mass is 16.5. The lowest BCUT2D eigenvalue weighted by Crippen LogP contribution is -2.34. The quantitative estimate of drug-likeness (QED) is 0.679. The van der Waals surface area contributed by atoms with Gasteiger partial charge in [0.1, 0.15) is 0 Å². The van der Waals surface area contributed by atoms with Crippen molar-refractivity contribution in [1.29, 1.82) is 0 Å². The molecule has 0 aromatic rings. The lowest BCUT2D eigenvalue weighted by Gasteiger charge is -2.30. The zero-order valence-electron chi connectivity index (χ0n) is 8.84. The number of hydrogen-bond acceptors (Lipinski definition) is 2. The zero-order valence-corrected chi connectivity index (χ0v) is 8.84. The van der Waals surface area contributed by atoms with Crippen LogP contribution >= 0.6 is 0 Å². The van der Waals surface area contributed by atoms with Crippen LogP contribution in [0.25, 0.3) is 0 Å². The molecule has 1 aliphatic carbocycles. The Kier molecular flexibility index (Phi) is 3.51. The van der Waals surface area contributed by atoms with E-state index in [9.17, 15) is 5.11 Å². The van der Waals surface area contributed by atoms with E-state index in [0.717, 1.165) is 31.3 Å². The van der Waals surface area contributed by atoms with Crippen LogP contribution in [0.2, 0.25) is 0 Å². The standard InChI is InChI=1S/C11H20O2/c1-4-11(12,5-2)9-7-6-8-10(9)13-3/h7,10,12H,4-6,8H2,1-3H3. The normalized spacial score (nSPS) is 23.4. The predicted molar refractivity (Wildman–Crippen MR) is 53.6 cm³/mol. The smallest absolute Gasteiger partial charge is 0.0876 e. The largest absolute Gasteiger partial charge is 0.385 e. The van der Waals surface area contributed by atoms with Crippen LogP contribution in [-0.2, 0) is 4.74 Å². The Morgan fingerprint density at radius 1 is 1.54 bits per heavy atom. The van der Waals surface area contributed by atoms with E-state index in [-0.39, 0.29) is 6.10 Å². The summed E-state index contributed by atoms with van der Waals surface area (Å²) in [6, 6.07) is 0. The molecule has 0 fully saturated rings. The minimum atomic E-state index is -0.628. The van der Waals surface area contributed by atoms with E-state index in [2.05, 4.69) is 6.08 Å². The van der Waals surface area contributed by atoms with Crippen molar-refractivity contribution in [2.24, 2.45) is 0 Å². The Morgan fingerprint density at radius 2 is 2.15 bits per heavy atom. The van der Waals surface area contributed by atoms with Gasteiger partial charge in [0, 0.05) is 7.11 Å². The van der Waals surface area contributed by atoms with Crippen molar-refractivity contribution in [1.82, 2.24) is 0 Å². The van der Waals surface area contributed by atoms with Crippen LogP contribution in [0.15, 0.2) is 11.6 Å². The molecule has 1 rings (SSSR count). The van der Waals surface area contributed by atoms with Crippen molar-refractivity contribution in [3.05, 3.63) is 11.6 Å². The molecule has 0 aromatic carbocycles. The van der Waals surface area contributed by atoms with Crippen molar-refractivity contribution in [2.75, 3.05) is 7.11 Å². The van der Waals surface area contributed by atoms with E-state index in [4.69, 9.17) is 4.74 Å². The molecule has 2 heteroatoms. The highest BCUT2D eigenvalue weighted by Crippen LogP contribution is 2.34. The molecule has 0 aliphatic heterocycles. The number of methoxy groups -OCH3 is 1. The molecule has 76 valence electrons. The molecule has 0 radical (unpaired) electrons. The van der Waals surface area contributed by atoms with E-state index in [1.54, 1.807) is 7.11 Å². The first kappa shape index (κ1) is 10.7. The van der Waals surface area contributed by atoms with Gasteiger partial charge in [-0.25, -0.2) is 0 Å². The Balaban J connectivity index is 2.79. The Bertz CT molecular complexity index is 192. The maximum atomic E-state index is 10.3. The average Bonchev–Trinajstić information content (AvgIpc) is 2.65. The van der Waals surface area contributed by atoms with Gasteiger partial charge in [0.2, 0.25) is 0 Å². The number of rotatable bonds is 4. The van der Waals surface area contributed by atoms with Gasteiger partial charge in [-0.15, -0.1) is 0 Å². The number of aliphatic hydroxyl groups is 1. The lowest BCUT2D eigenvalue weighted by atomic mass is 9.86. The first-order valence-electron chi connectivity index (χ1n) is 5.13. The molecular weight excluding hydrogens is 164 g/mol. The molecule has 0 saturated heterocycles. The number of hydrogen-bond donors (Lipinski definition) is 1. The fourth-order valence-electron chi connectivity index (χ4n) is 2.07. The first-order chi connectivity index (χ1) is 6.18. The molecule has 1 atom stereocenters. The number of allylic oxidation sites excluding steroid dienone is 1. The minimum Gasteiger partial charge on any atom is -0.385 e. The lowest BCUT2D eigenvalue weighted by molar-refractivity contribution is 0.0310. The molecule has 0 aromatic heterocycles. The summed E-state index contributed by atoms with van der Waals surface area (Å²) in [4.78, 5) is 0. The third-order valence-corrected chi connectivity index (χ3v) is 3.13. The van der Waals surface area contributed by atoms with Gasteiger partial charge in [-0.3, -0.25) is 0 Å². The van der Waals surface area contributed by atoms with Crippen molar-refractivity contribution < 1.29 is 9.84 Å². The van der Waals surface area contributed by atoms with Crippen molar-refractivity contribution >= 4 is 0 Å². The second kappa shape index (κ2) is 4.25. The molecule has 13 heavy (non-hydrogen) atoms. The summed E-state index contributed by atoms with van der Waals surface area (Å²) >= 11 is 0. The molecular formula is C11H20O2. The molecule has 1 N–H and O–H groups in total. The second-order valence-electron chi connectivity index (χ2n) is 3.70. The molecule has 0 spiro atoms. The van der Waals surface area contributed by atoms with Crippen molar-refractivity contribution in [2.45, 2.75) is 51.2 Å². The summed E-state index contributed by atoms with van der Waals surface area (Å²) in [5, 5.41) is 10.3. The SMILES string of the molecule is CCC(O)(CC)C1=CCCC1OC. The maximum Gasteiger partial charge on any atom is 0.0876 e. The summed E-state index contributed by atoms with van der Waals surface area (Å²) in [6.07, 6.45) is 5.89. The fourth-order valence-corrected chi connectivity index (χ4v) is 2.07. The molecule has 0 amide bonds. The van der Waals surface area contributed by atoms with Crippen LogP contribution in [0.3, 0.4) is 0 Å². The van der Waals surface area contributed by atoms with E-state index in [1.807, 2.05) is 13.8 Å².